The van der Waals surface area contributed by atoms with E-state index in [1.807, 2.05) is 0 Å². The van der Waals surface area contributed by atoms with Crippen LogP contribution in [0.3, 0.4) is 0 Å². The molecule has 7 aromatic rings. The van der Waals surface area contributed by atoms with E-state index >= 15 is 0 Å². The minimum absolute atomic E-state index is 1.21. The summed E-state index contributed by atoms with van der Waals surface area (Å²) in [6.45, 7) is 4.27. The van der Waals surface area contributed by atoms with Gasteiger partial charge in [0, 0.05) is 0 Å². The molecule has 0 heterocycles. The molecule has 7 aromatic carbocycles. The lowest BCUT2D eigenvalue weighted by atomic mass is 9.91. The van der Waals surface area contributed by atoms with Crippen molar-refractivity contribution in [2.45, 2.75) is 13.8 Å². The second kappa shape index (κ2) is 12.0. The molecule has 0 saturated carbocycles. The number of hydrogen-bond donors (Lipinski definition) is 0. The lowest BCUT2D eigenvalue weighted by molar-refractivity contribution is 1.46. The van der Waals surface area contributed by atoms with E-state index in [-0.39, 0.29) is 0 Å². The molecule has 0 unspecified atom stereocenters. The van der Waals surface area contributed by atoms with E-state index in [0.717, 1.165) is 0 Å². The quantitative estimate of drug-likeness (QED) is 0.189. The Bertz CT molecular complexity index is 2030. The Morgan fingerprint density at radius 3 is 0.886 bits per heavy atom. The maximum Gasteiger partial charge on any atom is -0.0171 e. The molecule has 0 aromatic heterocycles. The van der Waals surface area contributed by atoms with Gasteiger partial charge in [-0.1, -0.05) is 151 Å². The highest BCUT2D eigenvalue weighted by Gasteiger charge is 2.10. The van der Waals surface area contributed by atoms with Crippen LogP contribution in [0, 0.1) is 13.8 Å². The van der Waals surface area contributed by atoms with Gasteiger partial charge < -0.3 is 0 Å². The fourth-order valence-electron chi connectivity index (χ4n) is 5.86. The van der Waals surface area contributed by atoms with Crippen molar-refractivity contribution >= 4 is 0 Å². The Balaban J connectivity index is 1.29. The highest BCUT2D eigenvalue weighted by Crippen LogP contribution is 2.36. The fourth-order valence-corrected chi connectivity index (χ4v) is 5.86. The SMILES string of the molecule is Cc1ccc(-c2ccc(-c3cc(-c4ccc(C)cc4)cc(-c4cccc(-c5cccc(-c6ccccc6)c5)c4)c3)cc2)cc1. The molecule has 44 heavy (non-hydrogen) atoms. The zero-order chi connectivity index (χ0) is 29.9. The monoisotopic (exact) mass is 562 g/mol. The minimum Gasteiger partial charge on any atom is -0.0622 e. The first-order valence-electron chi connectivity index (χ1n) is 15.2. The molecule has 0 nitrogen and oxygen atoms in total. The third kappa shape index (κ3) is 5.89. The average Bonchev–Trinajstić information content (AvgIpc) is 3.09. The first kappa shape index (κ1) is 27.4. The highest BCUT2D eigenvalue weighted by molar-refractivity contribution is 5.84. The van der Waals surface area contributed by atoms with Crippen LogP contribution in [0.5, 0.6) is 0 Å². The van der Waals surface area contributed by atoms with E-state index in [1.54, 1.807) is 0 Å². The van der Waals surface area contributed by atoms with Crippen molar-refractivity contribution in [2.24, 2.45) is 0 Å². The summed E-state index contributed by atoms with van der Waals surface area (Å²) in [6, 6.07) is 61.9. The summed E-state index contributed by atoms with van der Waals surface area (Å²) < 4.78 is 0. The molecule has 0 fully saturated rings. The van der Waals surface area contributed by atoms with Crippen molar-refractivity contribution in [3.8, 4) is 66.8 Å². The average molecular weight is 563 g/mol. The fraction of sp³-hybridized carbons (Fsp3) is 0.0455. The van der Waals surface area contributed by atoms with E-state index < -0.39 is 0 Å². The highest BCUT2D eigenvalue weighted by atomic mass is 14.1. The van der Waals surface area contributed by atoms with Crippen molar-refractivity contribution < 1.29 is 0 Å². The van der Waals surface area contributed by atoms with Crippen molar-refractivity contribution in [3.63, 3.8) is 0 Å². The van der Waals surface area contributed by atoms with Gasteiger partial charge in [-0.3, -0.25) is 0 Å². The van der Waals surface area contributed by atoms with Gasteiger partial charge in [0.15, 0.2) is 0 Å². The van der Waals surface area contributed by atoms with Gasteiger partial charge in [0.1, 0.15) is 0 Å². The second-order valence-electron chi connectivity index (χ2n) is 11.6. The van der Waals surface area contributed by atoms with Gasteiger partial charge >= 0.3 is 0 Å². The van der Waals surface area contributed by atoms with Gasteiger partial charge in [-0.2, -0.15) is 0 Å². The molecule has 0 radical (unpaired) electrons. The van der Waals surface area contributed by atoms with Crippen LogP contribution >= 0.6 is 0 Å². The van der Waals surface area contributed by atoms with Crippen LogP contribution in [0.4, 0.5) is 0 Å². The molecule has 0 aliphatic heterocycles. The Kier molecular flexibility index (Phi) is 7.49. The van der Waals surface area contributed by atoms with E-state index in [2.05, 4.69) is 184 Å². The minimum atomic E-state index is 1.21. The summed E-state index contributed by atoms with van der Waals surface area (Å²) in [7, 11) is 0. The van der Waals surface area contributed by atoms with E-state index in [0.29, 0.717) is 0 Å². The van der Waals surface area contributed by atoms with Crippen molar-refractivity contribution in [3.05, 3.63) is 181 Å². The number of aryl methyl sites for hydroxylation is 2. The molecule has 0 saturated heterocycles. The molecule has 210 valence electrons. The van der Waals surface area contributed by atoms with Crippen LogP contribution in [0.25, 0.3) is 66.8 Å². The second-order valence-corrected chi connectivity index (χ2v) is 11.6. The van der Waals surface area contributed by atoms with Gasteiger partial charge in [0.05, 0.1) is 0 Å². The van der Waals surface area contributed by atoms with Gasteiger partial charge in [-0.15, -0.1) is 0 Å². The molecule has 0 spiro atoms. The number of hydrogen-bond acceptors (Lipinski definition) is 0. The van der Waals surface area contributed by atoms with Crippen molar-refractivity contribution in [1.29, 1.82) is 0 Å². The summed E-state index contributed by atoms with van der Waals surface area (Å²) in [4.78, 5) is 0. The molecular formula is C44H34. The molecule has 0 heteroatoms. The predicted octanol–water partition coefficient (Wildman–Crippen LogP) is 12.3. The van der Waals surface area contributed by atoms with Crippen molar-refractivity contribution in [2.75, 3.05) is 0 Å². The third-order valence-corrected chi connectivity index (χ3v) is 8.42. The summed E-state index contributed by atoms with van der Waals surface area (Å²) in [6.07, 6.45) is 0. The van der Waals surface area contributed by atoms with Crippen LogP contribution in [0.15, 0.2) is 170 Å². The standard InChI is InChI=1S/C44H34/c1-31-14-18-34(19-15-31)35-22-24-37(25-23-35)43-28-42(36-20-16-32(2)17-21-36)29-44(30-43)41-13-7-12-40(27-41)39-11-6-10-38(26-39)33-8-4-3-5-9-33/h3-30H,1-2H3. The molecule has 0 atom stereocenters. The van der Waals surface area contributed by atoms with E-state index in [9.17, 15) is 0 Å². The molecule has 0 bridgehead atoms. The van der Waals surface area contributed by atoms with Gasteiger partial charge in [0.25, 0.3) is 0 Å². The lowest BCUT2D eigenvalue weighted by Gasteiger charge is -2.13. The first-order valence-corrected chi connectivity index (χ1v) is 15.2. The lowest BCUT2D eigenvalue weighted by Crippen LogP contribution is -1.88. The van der Waals surface area contributed by atoms with Crippen LogP contribution < -0.4 is 0 Å². The summed E-state index contributed by atoms with van der Waals surface area (Å²) in [5.41, 5.74) is 17.2. The van der Waals surface area contributed by atoms with Gasteiger partial charge in [0.2, 0.25) is 0 Å². The Morgan fingerprint density at radius 2 is 0.455 bits per heavy atom. The molecule has 0 aliphatic rings. The molecule has 0 amide bonds. The summed E-state index contributed by atoms with van der Waals surface area (Å²) in [5, 5.41) is 0. The largest absolute Gasteiger partial charge is 0.0622 e. The Labute approximate surface area is 261 Å². The number of rotatable bonds is 6. The summed E-state index contributed by atoms with van der Waals surface area (Å²) in [5.74, 6) is 0. The van der Waals surface area contributed by atoms with Gasteiger partial charge in [-0.25, -0.2) is 0 Å². The summed E-state index contributed by atoms with van der Waals surface area (Å²) >= 11 is 0. The molecular weight excluding hydrogens is 528 g/mol. The van der Waals surface area contributed by atoms with Crippen molar-refractivity contribution in [1.82, 2.24) is 0 Å². The molecule has 7 rings (SSSR count). The maximum absolute atomic E-state index is 2.33. The smallest absolute Gasteiger partial charge is 0.0171 e. The van der Waals surface area contributed by atoms with Crippen LogP contribution in [0.2, 0.25) is 0 Å². The molecule has 0 aliphatic carbocycles. The number of benzene rings is 7. The Hall–Kier alpha value is -5.46. The predicted molar refractivity (Wildman–Crippen MR) is 189 cm³/mol. The van der Waals surface area contributed by atoms with Gasteiger partial charge in [-0.05, 0) is 111 Å². The first-order chi connectivity index (χ1) is 21.6. The van der Waals surface area contributed by atoms with Crippen LogP contribution in [0.1, 0.15) is 11.1 Å². The molecule has 0 N–H and O–H groups in total. The zero-order valence-corrected chi connectivity index (χ0v) is 25.2. The normalized spacial score (nSPS) is 11.0. The van der Waals surface area contributed by atoms with Crippen LogP contribution in [-0.2, 0) is 0 Å². The van der Waals surface area contributed by atoms with E-state index in [4.69, 9.17) is 0 Å². The Morgan fingerprint density at radius 1 is 0.205 bits per heavy atom. The van der Waals surface area contributed by atoms with E-state index in [1.165, 1.54) is 77.9 Å². The zero-order valence-electron chi connectivity index (χ0n) is 25.2. The maximum atomic E-state index is 2.33. The van der Waals surface area contributed by atoms with Crippen LogP contribution in [-0.4, -0.2) is 0 Å². The topological polar surface area (TPSA) is 0 Å². The third-order valence-electron chi connectivity index (χ3n) is 8.42.